The molecule has 1 heterocycles. The van der Waals surface area contributed by atoms with Crippen LogP contribution in [0, 0.1) is 0 Å². The van der Waals surface area contributed by atoms with E-state index in [4.69, 9.17) is 9.47 Å². The summed E-state index contributed by atoms with van der Waals surface area (Å²) in [6.07, 6.45) is 0. The van der Waals surface area contributed by atoms with Crippen LogP contribution in [0.2, 0.25) is 0 Å². The molecule has 2 rings (SSSR count). The van der Waals surface area contributed by atoms with E-state index in [-0.39, 0.29) is 23.7 Å². The molecule has 2 amide bonds. The summed E-state index contributed by atoms with van der Waals surface area (Å²) in [5.74, 6) is 0.865. The highest BCUT2D eigenvalue weighted by atomic mass is 32.2. The van der Waals surface area contributed by atoms with Crippen LogP contribution in [-0.4, -0.2) is 56.4 Å². The highest BCUT2D eigenvalue weighted by Gasteiger charge is 2.35. The number of hydrogen-bond acceptors (Lipinski definition) is 5. The molecule has 0 aromatic heterocycles. The zero-order chi connectivity index (χ0) is 15.9. The molecule has 1 aromatic rings. The number of hydrogen-bond donors (Lipinski definition) is 1. The molecule has 7 heteroatoms. The Morgan fingerprint density at radius 1 is 1.41 bits per heavy atom. The van der Waals surface area contributed by atoms with Gasteiger partial charge >= 0.3 is 0 Å². The van der Waals surface area contributed by atoms with E-state index in [0.717, 1.165) is 11.3 Å². The normalized spacial score (nSPS) is 17.6. The first-order chi connectivity index (χ1) is 10.7. The Balaban J connectivity index is 2.08. The Kier molecular flexibility index (Phi) is 6.09. The fraction of sp³-hybridized carbons (Fsp3) is 0.467. The van der Waals surface area contributed by atoms with Crippen LogP contribution in [-0.2, 0) is 14.3 Å². The predicted molar refractivity (Wildman–Crippen MR) is 84.8 cm³/mol. The molecule has 0 radical (unpaired) electrons. The number of para-hydroxylation sites is 1. The molecule has 1 aliphatic rings. The second-order valence-electron chi connectivity index (χ2n) is 4.77. The van der Waals surface area contributed by atoms with Crippen molar-refractivity contribution in [1.82, 2.24) is 10.2 Å². The van der Waals surface area contributed by atoms with Crippen molar-refractivity contribution in [3.63, 3.8) is 0 Å². The molecular weight excluding hydrogens is 304 g/mol. The fourth-order valence-electron chi connectivity index (χ4n) is 2.26. The van der Waals surface area contributed by atoms with E-state index in [1.807, 2.05) is 24.3 Å². The number of nitrogens with one attached hydrogen (secondary N) is 1. The standard InChI is InChI=1S/C15H20N2O4S/c1-20-8-7-16-13(18)9-17-14(19)10-22-15(17)11-5-3-4-6-12(11)21-2/h3-6,15H,7-10H2,1-2H3,(H,16,18)/t15-/m0/s1. The van der Waals surface area contributed by atoms with Gasteiger partial charge in [-0.15, -0.1) is 11.8 Å². The molecule has 1 atom stereocenters. The summed E-state index contributed by atoms with van der Waals surface area (Å²) < 4.78 is 10.2. The number of carbonyl (C=O) groups is 2. The van der Waals surface area contributed by atoms with Gasteiger partial charge in [-0.3, -0.25) is 9.59 Å². The maximum atomic E-state index is 12.1. The van der Waals surface area contributed by atoms with E-state index in [9.17, 15) is 9.59 Å². The SMILES string of the molecule is COCCNC(=O)CN1C(=O)CS[C@H]1c1ccccc1OC. The molecule has 1 aliphatic heterocycles. The third-order valence-corrected chi connectivity index (χ3v) is 4.55. The smallest absolute Gasteiger partial charge is 0.239 e. The lowest BCUT2D eigenvalue weighted by Crippen LogP contribution is -2.40. The van der Waals surface area contributed by atoms with Crippen LogP contribution in [0.3, 0.4) is 0 Å². The number of carbonyl (C=O) groups excluding carboxylic acids is 2. The van der Waals surface area contributed by atoms with Crippen LogP contribution in [0.5, 0.6) is 5.75 Å². The van der Waals surface area contributed by atoms with Crippen molar-refractivity contribution in [2.24, 2.45) is 0 Å². The molecule has 0 unspecified atom stereocenters. The highest BCUT2D eigenvalue weighted by molar-refractivity contribution is 8.00. The van der Waals surface area contributed by atoms with Gasteiger partial charge in [0.15, 0.2) is 0 Å². The van der Waals surface area contributed by atoms with E-state index >= 15 is 0 Å². The Morgan fingerprint density at radius 3 is 2.91 bits per heavy atom. The number of thioether (sulfide) groups is 1. The topological polar surface area (TPSA) is 67.9 Å². The Morgan fingerprint density at radius 2 is 2.18 bits per heavy atom. The molecule has 1 N–H and O–H groups in total. The molecule has 120 valence electrons. The van der Waals surface area contributed by atoms with Crippen molar-refractivity contribution in [1.29, 1.82) is 0 Å². The zero-order valence-corrected chi connectivity index (χ0v) is 13.5. The van der Waals surface area contributed by atoms with Crippen LogP contribution < -0.4 is 10.1 Å². The van der Waals surface area contributed by atoms with Gasteiger partial charge in [-0.25, -0.2) is 0 Å². The summed E-state index contributed by atoms with van der Waals surface area (Å²) in [7, 11) is 3.17. The average molecular weight is 324 g/mol. The molecule has 0 aliphatic carbocycles. The maximum absolute atomic E-state index is 12.1. The van der Waals surface area contributed by atoms with E-state index in [2.05, 4.69) is 5.32 Å². The van der Waals surface area contributed by atoms with Crippen molar-refractivity contribution in [2.75, 3.05) is 39.7 Å². The molecule has 0 spiro atoms. The fourth-order valence-corrected chi connectivity index (χ4v) is 3.47. The minimum atomic E-state index is -0.197. The van der Waals surface area contributed by atoms with E-state index in [1.165, 1.54) is 11.8 Å². The zero-order valence-electron chi connectivity index (χ0n) is 12.7. The first kappa shape index (κ1) is 16.6. The lowest BCUT2D eigenvalue weighted by atomic mass is 10.2. The summed E-state index contributed by atoms with van der Waals surface area (Å²) >= 11 is 1.50. The van der Waals surface area contributed by atoms with Crippen molar-refractivity contribution in [2.45, 2.75) is 5.37 Å². The lowest BCUT2D eigenvalue weighted by molar-refractivity contribution is -0.133. The molecule has 1 saturated heterocycles. The number of benzene rings is 1. The molecule has 0 saturated carbocycles. The van der Waals surface area contributed by atoms with Crippen LogP contribution >= 0.6 is 11.8 Å². The number of methoxy groups -OCH3 is 2. The van der Waals surface area contributed by atoms with Gasteiger partial charge in [-0.05, 0) is 6.07 Å². The highest BCUT2D eigenvalue weighted by Crippen LogP contribution is 2.41. The second kappa shape index (κ2) is 8.05. The van der Waals surface area contributed by atoms with Gasteiger partial charge in [0.25, 0.3) is 0 Å². The maximum Gasteiger partial charge on any atom is 0.239 e. The Hall–Kier alpha value is -1.73. The molecule has 22 heavy (non-hydrogen) atoms. The summed E-state index contributed by atoms with van der Waals surface area (Å²) in [4.78, 5) is 25.6. The van der Waals surface area contributed by atoms with Crippen molar-refractivity contribution in [3.8, 4) is 5.75 Å². The Bertz CT molecular complexity index is 538. The van der Waals surface area contributed by atoms with Gasteiger partial charge in [0, 0.05) is 19.2 Å². The van der Waals surface area contributed by atoms with Gasteiger partial charge in [-0.2, -0.15) is 0 Å². The second-order valence-corrected chi connectivity index (χ2v) is 5.84. The number of rotatable bonds is 7. The van der Waals surface area contributed by atoms with Crippen LogP contribution in [0.15, 0.2) is 24.3 Å². The van der Waals surface area contributed by atoms with Gasteiger partial charge < -0.3 is 19.7 Å². The minimum Gasteiger partial charge on any atom is -0.496 e. The predicted octanol–water partition coefficient (Wildman–Crippen LogP) is 1.03. The molecule has 1 aromatic carbocycles. The largest absolute Gasteiger partial charge is 0.496 e. The molecule has 6 nitrogen and oxygen atoms in total. The van der Waals surface area contributed by atoms with Crippen molar-refractivity contribution < 1.29 is 19.1 Å². The van der Waals surface area contributed by atoms with E-state index in [0.29, 0.717) is 18.9 Å². The van der Waals surface area contributed by atoms with Crippen LogP contribution in [0.4, 0.5) is 0 Å². The third kappa shape index (κ3) is 3.92. The summed E-state index contributed by atoms with van der Waals surface area (Å²) in [6, 6.07) is 7.56. The number of ether oxygens (including phenoxy) is 2. The number of nitrogens with zero attached hydrogens (tertiary/aromatic N) is 1. The van der Waals surface area contributed by atoms with Gasteiger partial charge in [0.2, 0.25) is 11.8 Å². The van der Waals surface area contributed by atoms with Gasteiger partial charge in [-0.1, -0.05) is 18.2 Å². The van der Waals surface area contributed by atoms with Crippen LogP contribution in [0.1, 0.15) is 10.9 Å². The van der Waals surface area contributed by atoms with E-state index < -0.39 is 0 Å². The van der Waals surface area contributed by atoms with Crippen molar-refractivity contribution >= 4 is 23.6 Å². The summed E-state index contributed by atoms with van der Waals surface area (Å²) in [6.45, 7) is 0.923. The summed E-state index contributed by atoms with van der Waals surface area (Å²) in [5.41, 5.74) is 0.908. The molecule has 1 fully saturated rings. The van der Waals surface area contributed by atoms with Gasteiger partial charge in [0.1, 0.15) is 17.7 Å². The first-order valence-corrected chi connectivity index (χ1v) is 8.02. The van der Waals surface area contributed by atoms with Crippen molar-refractivity contribution in [3.05, 3.63) is 29.8 Å². The summed E-state index contributed by atoms with van der Waals surface area (Å²) in [5, 5.41) is 2.54. The molecular formula is C15H20N2O4S. The first-order valence-electron chi connectivity index (χ1n) is 6.97. The third-order valence-electron chi connectivity index (χ3n) is 3.32. The monoisotopic (exact) mass is 324 g/mol. The lowest BCUT2D eigenvalue weighted by Gasteiger charge is -2.24. The minimum absolute atomic E-state index is 0.0391. The van der Waals surface area contributed by atoms with E-state index in [1.54, 1.807) is 19.1 Å². The number of amides is 2. The molecule has 0 bridgehead atoms. The Labute approximate surface area is 134 Å². The quantitative estimate of drug-likeness (QED) is 0.759. The van der Waals surface area contributed by atoms with Gasteiger partial charge in [0.05, 0.1) is 19.5 Å². The average Bonchev–Trinajstić information content (AvgIpc) is 2.88. The van der Waals surface area contributed by atoms with Crippen LogP contribution in [0.25, 0.3) is 0 Å².